The Morgan fingerprint density at radius 2 is 1.92 bits per heavy atom. The number of aliphatic hydroxyl groups is 1. The van der Waals surface area contributed by atoms with Crippen LogP contribution in [0.5, 0.6) is 0 Å². The number of aromatic nitrogens is 4. The molecule has 1 amide bonds. The average Bonchev–Trinajstić information content (AvgIpc) is 3.65. The van der Waals surface area contributed by atoms with Crippen molar-refractivity contribution in [3.63, 3.8) is 0 Å². The molecular weight excluding hydrogens is 480 g/mol. The van der Waals surface area contributed by atoms with Crippen LogP contribution < -0.4 is 5.32 Å². The quantitative estimate of drug-likeness (QED) is 0.351. The van der Waals surface area contributed by atoms with Gasteiger partial charge in [0.05, 0.1) is 12.2 Å². The molecule has 1 aliphatic heterocycles. The van der Waals surface area contributed by atoms with E-state index in [9.17, 15) is 9.90 Å². The number of carbonyl (C=O) groups is 1. The van der Waals surface area contributed by atoms with Gasteiger partial charge < -0.3 is 24.4 Å². The van der Waals surface area contributed by atoms with E-state index in [1.807, 2.05) is 60.3 Å². The number of nitrogens with zero attached hydrogens (tertiary/aromatic N) is 5. The number of rotatable bonds is 8. The zero-order valence-corrected chi connectivity index (χ0v) is 21.5. The lowest BCUT2D eigenvalue weighted by Gasteiger charge is -2.11. The average molecular weight is 511 g/mol. The normalized spacial score (nSPS) is 15.9. The zero-order chi connectivity index (χ0) is 26.5. The van der Waals surface area contributed by atoms with Crippen molar-refractivity contribution in [2.45, 2.75) is 32.5 Å². The van der Waals surface area contributed by atoms with E-state index in [4.69, 9.17) is 4.52 Å². The first kappa shape index (κ1) is 25.4. The number of aliphatic hydroxyl groups excluding tert-OH is 1. The molecule has 0 saturated carbocycles. The van der Waals surface area contributed by atoms with E-state index in [1.165, 1.54) is 0 Å². The lowest BCUT2D eigenvalue weighted by molar-refractivity contribution is -0.126. The maximum atomic E-state index is 11.6. The summed E-state index contributed by atoms with van der Waals surface area (Å²) in [7, 11) is 1.85. The maximum Gasteiger partial charge on any atom is 0.222 e. The lowest BCUT2D eigenvalue weighted by atomic mass is 10.1. The van der Waals surface area contributed by atoms with Crippen LogP contribution in [0.2, 0.25) is 0 Å². The molecule has 1 saturated heterocycles. The van der Waals surface area contributed by atoms with Gasteiger partial charge in [-0.1, -0.05) is 17.0 Å². The van der Waals surface area contributed by atoms with Crippen molar-refractivity contribution in [3.05, 3.63) is 89.4 Å². The van der Waals surface area contributed by atoms with Crippen molar-refractivity contribution < 1.29 is 14.4 Å². The van der Waals surface area contributed by atoms with Gasteiger partial charge in [-0.15, -0.1) is 0 Å². The Kier molecular flexibility index (Phi) is 7.63. The van der Waals surface area contributed by atoms with Crippen LogP contribution in [-0.4, -0.2) is 55.7 Å². The third kappa shape index (κ3) is 6.17. The molecule has 1 fully saturated rings. The molecule has 38 heavy (non-hydrogen) atoms. The molecule has 0 aliphatic carbocycles. The van der Waals surface area contributed by atoms with Crippen molar-refractivity contribution in [2.24, 2.45) is 5.92 Å². The first-order valence-corrected chi connectivity index (χ1v) is 12.6. The molecular formula is C29H30N6O3. The fraction of sp³-hybridized carbons (Fsp3) is 0.310. The number of carbonyl (C=O) groups excluding carboxylic acids is 1. The molecule has 0 bridgehead atoms. The summed E-state index contributed by atoms with van der Waals surface area (Å²) in [6, 6.07) is 13.6. The van der Waals surface area contributed by atoms with E-state index >= 15 is 0 Å². The second-order valence-corrected chi connectivity index (χ2v) is 9.61. The fourth-order valence-corrected chi connectivity index (χ4v) is 4.48. The first-order valence-electron chi connectivity index (χ1n) is 12.6. The molecule has 1 unspecified atom stereocenters. The molecule has 0 radical (unpaired) electrons. The lowest BCUT2D eigenvalue weighted by Crippen LogP contribution is -2.25. The van der Waals surface area contributed by atoms with E-state index in [1.54, 1.807) is 24.2 Å². The smallest absolute Gasteiger partial charge is 0.222 e. The zero-order valence-electron chi connectivity index (χ0n) is 21.5. The Morgan fingerprint density at radius 1 is 1.13 bits per heavy atom. The first-order chi connectivity index (χ1) is 18.4. The highest BCUT2D eigenvalue weighted by molar-refractivity contribution is 5.78. The highest BCUT2D eigenvalue weighted by atomic mass is 16.5. The molecule has 4 heterocycles. The third-order valence-corrected chi connectivity index (χ3v) is 6.52. The monoisotopic (exact) mass is 510 g/mol. The predicted molar refractivity (Wildman–Crippen MR) is 142 cm³/mol. The van der Waals surface area contributed by atoms with E-state index in [0.29, 0.717) is 37.0 Å². The number of imidazole rings is 1. The fourth-order valence-electron chi connectivity index (χ4n) is 4.48. The highest BCUT2D eigenvalue weighted by Crippen LogP contribution is 2.22. The Morgan fingerprint density at radius 3 is 2.63 bits per heavy atom. The van der Waals surface area contributed by atoms with Crippen LogP contribution in [0, 0.1) is 17.8 Å². The molecule has 4 aromatic rings. The van der Waals surface area contributed by atoms with Gasteiger partial charge in [-0.25, -0.2) is 4.98 Å². The number of hydrogen-bond acceptors (Lipinski definition) is 7. The van der Waals surface area contributed by atoms with Crippen molar-refractivity contribution in [3.8, 4) is 23.2 Å². The van der Waals surface area contributed by atoms with Crippen LogP contribution in [0.25, 0.3) is 11.3 Å². The standard InChI is InChI=1S/C29H30N6O3/c1-20(36)29-31-11-12-35(29)19-26-14-27(38-33-26)24-8-5-21(6-9-24)3-4-22-7-10-25(32-16-22)17-30-15-23-13-28(37)34(2)18-23/h5-12,14,16,20,23,30,36H,13,15,17-19H2,1-2H3/t20-,23?/m0/s1. The Balaban J connectivity index is 1.14. The van der Waals surface area contributed by atoms with Gasteiger partial charge in [-0.2, -0.15) is 0 Å². The van der Waals surface area contributed by atoms with Gasteiger partial charge in [0.2, 0.25) is 5.91 Å². The van der Waals surface area contributed by atoms with E-state index in [2.05, 4.69) is 32.3 Å². The van der Waals surface area contributed by atoms with Crippen molar-refractivity contribution in [2.75, 3.05) is 20.1 Å². The summed E-state index contributed by atoms with van der Waals surface area (Å²) in [5, 5.41) is 17.4. The number of pyridine rings is 1. The molecule has 1 aliphatic rings. The Labute approximate surface area is 221 Å². The molecule has 9 nitrogen and oxygen atoms in total. The van der Waals surface area contributed by atoms with Gasteiger partial charge in [0.1, 0.15) is 17.6 Å². The number of benzene rings is 1. The Bertz CT molecular complexity index is 1440. The second kappa shape index (κ2) is 11.4. The molecule has 2 N–H and O–H groups in total. The van der Waals surface area contributed by atoms with Gasteiger partial charge in [-0.05, 0) is 49.2 Å². The molecule has 5 rings (SSSR count). The topological polar surface area (TPSA) is 109 Å². The SMILES string of the molecule is C[C@H](O)c1nccn1Cc1cc(-c2ccc(C#Cc3ccc(CNCC4CC(=O)N(C)C4)nc3)cc2)on1. The van der Waals surface area contributed by atoms with Crippen LogP contribution in [0.15, 0.2) is 65.6 Å². The maximum absolute atomic E-state index is 11.6. The summed E-state index contributed by atoms with van der Waals surface area (Å²) in [5.74, 6) is 8.17. The van der Waals surface area contributed by atoms with Crippen LogP contribution in [0.3, 0.4) is 0 Å². The van der Waals surface area contributed by atoms with Gasteiger partial charge in [-0.3, -0.25) is 9.78 Å². The number of nitrogens with one attached hydrogen (secondary N) is 1. The molecule has 1 aromatic carbocycles. The number of amides is 1. The molecule has 3 aromatic heterocycles. The van der Waals surface area contributed by atoms with Crippen molar-refractivity contribution in [1.29, 1.82) is 0 Å². The van der Waals surface area contributed by atoms with Gasteiger partial charge in [0, 0.05) is 74.5 Å². The van der Waals surface area contributed by atoms with E-state index < -0.39 is 6.10 Å². The molecule has 194 valence electrons. The Hall–Kier alpha value is -4.26. The van der Waals surface area contributed by atoms with Crippen molar-refractivity contribution >= 4 is 5.91 Å². The largest absolute Gasteiger partial charge is 0.385 e. The summed E-state index contributed by atoms with van der Waals surface area (Å²) in [6.45, 7) is 4.43. The summed E-state index contributed by atoms with van der Waals surface area (Å²) in [5.41, 5.74) is 4.32. The van der Waals surface area contributed by atoms with Gasteiger partial charge in [0.25, 0.3) is 0 Å². The van der Waals surface area contributed by atoms with Crippen LogP contribution in [-0.2, 0) is 17.9 Å². The number of hydrogen-bond donors (Lipinski definition) is 2. The van der Waals surface area contributed by atoms with E-state index in [-0.39, 0.29) is 5.91 Å². The molecule has 2 atom stereocenters. The summed E-state index contributed by atoms with van der Waals surface area (Å²) >= 11 is 0. The third-order valence-electron chi connectivity index (χ3n) is 6.52. The van der Waals surface area contributed by atoms with Crippen LogP contribution in [0.1, 0.15) is 47.8 Å². The summed E-state index contributed by atoms with van der Waals surface area (Å²) in [6.07, 6.45) is 5.21. The van der Waals surface area contributed by atoms with Crippen LogP contribution in [0.4, 0.5) is 0 Å². The summed E-state index contributed by atoms with van der Waals surface area (Å²) in [4.78, 5) is 22.1. The summed E-state index contributed by atoms with van der Waals surface area (Å²) < 4.78 is 7.38. The molecule has 0 spiro atoms. The minimum Gasteiger partial charge on any atom is -0.385 e. The van der Waals surface area contributed by atoms with E-state index in [0.717, 1.165) is 41.2 Å². The van der Waals surface area contributed by atoms with Gasteiger partial charge in [0.15, 0.2) is 5.76 Å². The van der Waals surface area contributed by atoms with Crippen molar-refractivity contribution in [1.82, 2.24) is 29.9 Å². The minimum absolute atomic E-state index is 0.217. The van der Waals surface area contributed by atoms with Crippen LogP contribution >= 0.6 is 0 Å². The molecule has 9 heteroatoms. The van der Waals surface area contributed by atoms with Gasteiger partial charge >= 0.3 is 0 Å². The number of likely N-dealkylation sites (tertiary alicyclic amines) is 1. The predicted octanol–water partition coefficient (Wildman–Crippen LogP) is 3.00. The minimum atomic E-state index is -0.654. The highest BCUT2D eigenvalue weighted by Gasteiger charge is 2.26. The second-order valence-electron chi connectivity index (χ2n) is 9.61.